The van der Waals surface area contributed by atoms with Crippen LogP contribution in [0.25, 0.3) is 0 Å². The van der Waals surface area contributed by atoms with E-state index < -0.39 is 11.9 Å². The molecule has 8 heteroatoms. The van der Waals surface area contributed by atoms with Crippen molar-refractivity contribution in [3.8, 4) is 0 Å². The van der Waals surface area contributed by atoms with Crippen LogP contribution in [0.2, 0.25) is 0 Å². The second kappa shape index (κ2) is 5.75. The van der Waals surface area contributed by atoms with E-state index in [-0.39, 0.29) is 12.2 Å². The second-order valence-corrected chi connectivity index (χ2v) is 5.56. The zero-order valence-electron chi connectivity index (χ0n) is 12.3. The number of rotatable bonds is 4. The zero-order valence-corrected chi connectivity index (χ0v) is 12.3. The summed E-state index contributed by atoms with van der Waals surface area (Å²) in [6.45, 7) is 1.24. The average Bonchev–Trinajstić information content (AvgIpc) is 3.03. The first-order valence-corrected chi connectivity index (χ1v) is 7.29. The lowest BCUT2D eigenvalue weighted by Gasteiger charge is -2.17. The molecule has 0 bridgehead atoms. The lowest BCUT2D eigenvalue weighted by Crippen LogP contribution is -2.21. The molecule has 0 aromatic carbocycles. The van der Waals surface area contributed by atoms with Crippen LogP contribution < -0.4 is 5.32 Å². The minimum Gasteiger partial charge on any atom is -0.330 e. The first-order valence-electron chi connectivity index (χ1n) is 7.29. The molecule has 1 aliphatic heterocycles. The van der Waals surface area contributed by atoms with Crippen molar-refractivity contribution in [2.75, 3.05) is 0 Å². The van der Waals surface area contributed by atoms with Crippen LogP contribution in [-0.2, 0) is 39.3 Å². The number of alkyl halides is 3. The monoisotopic (exact) mass is 313 g/mol. The van der Waals surface area contributed by atoms with Crippen LogP contribution in [-0.4, -0.2) is 19.3 Å². The number of hydrogen-bond donors (Lipinski definition) is 1. The molecule has 0 unspecified atom stereocenters. The highest BCUT2D eigenvalue weighted by molar-refractivity contribution is 5.22. The van der Waals surface area contributed by atoms with Crippen molar-refractivity contribution < 1.29 is 13.2 Å². The summed E-state index contributed by atoms with van der Waals surface area (Å²) >= 11 is 0. The highest BCUT2D eigenvalue weighted by Gasteiger charge is 2.38. The van der Waals surface area contributed by atoms with E-state index in [1.807, 2.05) is 6.20 Å². The number of nitrogens with one attached hydrogen (secondary N) is 1. The number of aryl methyl sites for hydroxylation is 2. The Morgan fingerprint density at radius 1 is 1.27 bits per heavy atom. The molecular formula is C14H18F3N5. The van der Waals surface area contributed by atoms with Gasteiger partial charge in [0.05, 0.1) is 11.9 Å². The molecule has 1 N–H and O–H groups in total. The van der Waals surface area contributed by atoms with Crippen molar-refractivity contribution in [2.24, 2.45) is 7.05 Å². The third kappa shape index (κ3) is 3.01. The van der Waals surface area contributed by atoms with Crippen molar-refractivity contribution in [1.29, 1.82) is 0 Å². The molecule has 0 atom stereocenters. The minimum atomic E-state index is -4.41. The SMILES string of the molecule is Cn1cc(CNCc2c(C(F)(F)F)nc3n2CCCC3)cn1. The summed E-state index contributed by atoms with van der Waals surface area (Å²) in [5, 5.41) is 7.10. The molecule has 5 nitrogen and oxygen atoms in total. The molecule has 0 aliphatic carbocycles. The summed E-state index contributed by atoms with van der Waals surface area (Å²) in [6.07, 6.45) is 1.54. The molecule has 0 radical (unpaired) electrons. The number of hydrogen-bond acceptors (Lipinski definition) is 3. The predicted molar refractivity (Wildman–Crippen MR) is 73.9 cm³/mol. The Morgan fingerprint density at radius 2 is 2.09 bits per heavy atom. The van der Waals surface area contributed by atoms with Crippen molar-refractivity contribution in [3.05, 3.63) is 35.2 Å². The van der Waals surface area contributed by atoms with Gasteiger partial charge in [-0.25, -0.2) is 4.98 Å². The largest absolute Gasteiger partial charge is 0.435 e. The summed E-state index contributed by atoms with van der Waals surface area (Å²) in [5.41, 5.74) is 0.434. The molecule has 0 spiro atoms. The van der Waals surface area contributed by atoms with Gasteiger partial charge >= 0.3 is 6.18 Å². The van der Waals surface area contributed by atoms with Crippen molar-refractivity contribution in [1.82, 2.24) is 24.6 Å². The van der Waals surface area contributed by atoms with Gasteiger partial charge in [-0.05, 0) is 12.8 Å². The molecule has 2 aromatic heterocycles. The maximum absolute atomic E-state index is 13.2. The first kappa shape index (κ1) is 15.1. The van der Waals surface area contributed by atoms with Crippen LogP contribution in [0, 0.1) is 0 Å². The van der Waals surface area contributed by atoms with Gasteiger partial charge < -0.3 is 9.88 Å². The van der Waals surface area contributed by atoms with Gasteiger partial charge in [0.1, 0.15) is 5.82 Å². The Hall–Kier alpha value is -1.83. The Morgan fingerprint density at radius 3 is 2.77 bits per heavy atom. The Kier molecular flexibility index (Phi) is 3.94. The van der Waals surface area contributed by atoms with Gasteiger partial charge in [0.2, 0.25) is 0 Å². The summed E-state index contributed by atoms with van der Waals surface area (Å²) in [4.78, 5) is 3.83. The molecule has 1 aliphatic rings. The fourth-order valence-electron chi connectivity index (χ4n) is 2.84. The molecule has 0 saturated heterocycles. The normalized spacial score (nSPS) is 15.1. The van der Waals surface area contributed by atoms with E-state index >= 15 is 0 Å². The van der Waals surface area contributed by atoms with Gasteiger partial charge in [0, 0.05) is 44.9 Å². The molecule has 120 valence electrons. The number of halogens is 3. The van der Waals surface area contributed by atoms with Gasteiger partial charge in [-0.3, -0.25) is 4.68 Å². The van der Waals surface area contributed by atoms with Crippen LogP contribution in [0.1, 0.15) is 35.6 Å². The molecule has 3 rings (SSSR count). The van der Waals surface area contributed by atoms with Crippen LogP contribution >= 0.6 is 0 Å². The van der Waals surface area contributed by atoms with E-state index in [9.17, 15) is 13.2 Å². The van der Waals surface area contributed by atoms with E-state index in [0.29, 0.717) is 25.3 Å². The van der Waals surface area contributed by atoms with E-state index in [2.05, 4.69) is 15.4 Å². The highest BCUT2D eigenvalue weighted by Crippen LogP contribution is 2.33. The second-order valence-electron chi connectivity index (χ2n) is 5.56. The van der Waals surface area contributed by atoms with Crippen LogP contribution in [0.5, 0.6) is 0 Å². The number of fused-ring (bicyclic) bond motifs is 1. The third-order valence-corrected chi connectivity index (χ3v) is 3.83. The topological polar surface area (TPSA) is 47.7 Å². The van der Waals surface area contributed by atoms with Crippen molar-refractivity contribution >= 4 is 0 Å². The summed E-state index contributed by atoms with van der Waals surface area (Å²) in [5.74, 6) is 0.553. The maximum Gasteiger partial charge on any atom is 0.435 e. The summed E-state index contributed by atoms with van der Waals surface area (Å²) < 4.78 is 42.9. The summed E-state index contributed by atoms with van der Waals surface area (Å²) in [6, 6.07) is 0. The van der Waals surface area contributed by atoms with E-state index in [1.165, 1.54) is 0 Å². The Labute approximate surface area is 126 Å². The van der Waals surface area contributed by atoms with Crippen molar-refractivity contribution in [2.45, 2.75) is 45.1 Å². The molecular weight excluding hydrogens is 295 g/mol. The van der Waals surface area contributed by atoms with Gasteiger partial charge in [0.25, 0.3) is 0 Å². The molecule has 0 saturated carbocycles. The molecule has 2 aromatic rings. The summed E-state index contributed by atoms with van der Waals surface area (Å²) in [7, 11) is 1.80. The van der Waals surface area contributed by atoms with Crippen molar-refractivity contribution in [3.63, 3.8) is 0 Å². The quantitative estimate of drug-likeness (QED) is 0.942. The number of imidazole rings is 1. The van der Waals surface area contributed by atoms with Gasteiger partial charge in [-0.1, -0.05) is 0 Å². The van der Waals surface area contributed by atoms with E-state index in [0.717, 1.165) is 18.4 Å². The third-order valence-electron chi connectivity index (χ3n) is 3.83. The highest BCUT2D eigenvalue weighted by atomic mass is 19.4. The number of nitrogens with zero attached hydrogens (tertiary/aromatic N) is 4. The first-order chi connectivity index (χ1) is 10.4. The Bertz CT molecular complexity index is 656. The fourth-order valence-corrected chi connectivity index (χ4v) is 2.84. The molecule has 0 fully saturated rings. The zero-order chi connectivity index (χ0) is 15.7. The standard InChI is InChI=1S/C14H18F3N5/c1-21-9-10(7-19-21)6-18-8-11-13(14(15,16)17)20-12-4-2-3-5-22(11)12/h7,9,18H,2-6,8H2,1H3. The van der Waals surface area contributed by atoms with Gasteiger partial charge in [-0.2, -0.15) is 18.3 Å². The van der Waals surface area contributed by atoms with Gasteiger partial charge in [-0.15, -0.1) is 0 Å². The number of aromatic nitrogens is 4. The van der Waals surface area contributed by atoms with Crippen LogP contribution in [0.3, 0.4) is 0 Å². The predicted octanol–water partition coefficient (Wildman–Crippen LogP) is 2.26. The van der Waals surface area contributed by atoms with Crippen LogP contribution in [0.4, 0.5) is 13.2 Å². The van der Waals surface area contributed by atoms with E-state index in [1.54, 1.807) is 22.5 Å². The minimum absolute atomic E-state index is 0.150. The fraction of sp³-hybridized carbons (Fsp3) is 0.571. The molecule has 0 amide bonds. The van der Waals surface area contributed by atoms with Gasteiger partial charge in [0.15, 0.2) is 5.69 Å². The lowest BCUT2D eigenvalue weighted by atomic mass is 10.1. The average molecular weight is 313 g/mol. The smallest absolute Gasteiger partial charge is 0.330 e. The Balaban J connectivity index is 1.77. The molecule has 22 heavy (non-hydrogen) atoms. The lowest BCUT2D eigenvalue weighted by molar-refractivity contribution is -0.141. The maximum atomic E-state index is 13.2. The van der Waals surface area contributed by atoms with Crippen LogP contribution in [0.15, 0.2) is 12.4 Å². The molecule has 3 heterocycles. The van der Waals surface area contributed by atoms with E-state index in [4.69, 9.17) is 0 Å².